The molecule has 1 aliphatic rings. The molecule has 1 atom stereocenters. The first-order chi connectivity index (χ1) is 3.72. The van der Waals surface area contributed by atoms with Crippen molar-refractivity contribution >= 4 is 17.8 Å². The third kappa shape index (κ3) is 1.81. The maximum atomic E-state index is 5.83. The molecule has 1 unspecified atom stereocenters. The van der Waals surface area contributed by atoms with Gasteiger partial charge in [0.05, 0.1) is 6.54 Å². The second-order valence-corrected chi connectivity index (χ2v) is 2.49. The summed E-state index contributed by atoms with van der Waals surface area (Å²) in [6.07, 6.45) is 2.07. The van der Waals surface area contributed by atoms with Gasteiger partial charge >= 0.3 is 0 Å². The largest absolute Gasteiger partial charge is 1.00 e. The first-order valence-electron chi connectivity index (χ1n) is 2.61. The van der Waals surface area contributed by atoms with Gasteiger partial charge in [-0.3, -0.25) is 0 Å². The van der Waals surface area contributed by atoms with Crippen molar-refractivity contribution in [1.82, 2.24) is 4.90 Å². The highest BCUT2D eigenvalue weighted by molar-refractivity contribution is 6.19. The summed E-state index contributed by atoms with van der Waals surface area (Å²) >= 11 is 5.83. The van der Waals surface area contributed by atoms with Crippen molar-refractivity contribution < 1.29 is 17.0 Å². The van der Waals surface area contributed by atoms with Gasteiger partial charge in [0.1, 0.15) is 7.05 Å². The maximum absolute atomic E-state index is 5.83. The van der Waals surface area contributed by atoms with Crippen LogP contribution < -0.4 is 12.4 Å². The van der Waals surface area contributed by atoms with Crippen molar-refractivity contribution in [2.75, 3.05) is 20.6 Å². The van der Waals surface area contributed by atoms with Crippen LogP contribution in [0.5, 0.6) is 0 Å². The summed E-state index contributed by atoms with van der Waals surface area (Å²) in [6.45, 7) is 0.963. The van der Waals surface area contributed by atoms with Gasteiger partial charge in [0.15, 0.2) is 6.21 Å². The molecular formula is C5H10Cl2N2. The topological polar surface area (TPSA) is 6.25 Å². The summed E-state index contributed by atoms with van der Waals surface area (Å²) in [7, 11) is 3.97. The Morgan fingerprint density at radius 3 is 2.44 bits per heavy atom. The van der Waals surface area contributed by atoms with E-state index in [1.54, 1.807) is 0 Å². The van der Waals surface area contributed by atoms with Gasteiger partial charge in [0, 0.05) is 0 Å². The quantitative estimate of drug-likeness (QED) is 0.215. The predicted molar refractivity (Wildman–Crippen MR) is 34.5 cm³/mol. The highest BCUT2D eigenvalue weighted by Gasteiger charge is 2.24. The average molecular weight is 169 g/mol. The van der Waals surface area contributed by atoms with Gasteiger partial charge in [-0.05, 0) is 18.6 Å². The Bertz CT molecular complexity index is 124. The normalized spacial score (nSPS) is 27.4. The number of alkyl halides is 1. The minimum Gasteiger partial charge on any atom is -1.00 e. The van der Waals surface area contributed by atoms with Crippen LogP contribution in [0.1, 0.15) is 0 Å². The summed E-state index contributed by atoms with van der Waals surface area (Å²) < 4.78 is 1.99. The lowest BCUT2D eigenvalue weighted by molar-refractivity contribution is -0.520. The summed E-state index contributed by atoms with van der Waals surface area (Å²) in [4.78, 5) is 2.06. The summed E-state index contributed by atoms with van der Waals surface area (Å²) in [5.41, 5.74) is 0.0648. The van der Waals surface area contributed by atoms with Crippen molar-refractivity contribution in [3.8, 4) is 0 Å². The molecule has 0 N–H and O–H groups in total. The maximum Gasteiger partial charge on any atom is 0.287 e. The van der Waals surface area contributed by atoms with Gasteiger partial charge in [-0.2, -0.15) is 0 Å². The zero-order chi connectivity index (χ0) is 6.15. The van der Waals surface area contributed by atoms with Crippen LogP contribution in [0.3, 0.4) is 0 Å². The SMILES string of the molecule is CN1CC=[N+](C)C1Cl.[Cl-]. The molecule has 0 radical (unpaired) electrons. The lowest BCUT2D eigenvalue weighted by Crippen LogP contribution is -3.00. The molecule has 0 aromatic heterocycles. The van der Waals surface area contributed by atoms with Crippen molar-refractivity contribution in [2.24, 2.45) is 0 Å². The third-order valence-electron chi connectivity index (χ3n) is 1.36. The standard InChI is InChI=1S/C5H10ClN2.ClH/c1-7-3-4-8(2)5(7)6;/h3,5H,4H2,1-2H3;1H/q+1;/p-1. The molecule has 0 saturated heterocycles. The fourth-order valence-corrected chi connectivity index (χ4v) is 0.902. The molecule has 54 valence electrons. The number of rotatable bonds is 0. The molecule has 4 heteroatoms. The first-order valence-corrected chi connectivity index (χ1v) is 3.05. The zero-order valence-corrected chi connectivity index (χ0v) is 7.02. The third-order valence-corrected chi connectivity index (χ3v) is 2.00. The molecule has 0 aromatic rings. The zero-order valence-electron chi connectivity index (χ0n) is 5.51. The molecule has 0 saturated carbocycles. The van der Waals surface area contributed by atoms with Gasteiger partial charge in [-0.25, -0.2) is 9.48 Å². The monoisotopic (exact) mass is 168 g/mol. The van der Waals surface area contributed by atoms with E-state index < -0.39 is 0 Å². The van der Waals surface area contributed by atoms with E-state index in [2.05, 4.69) is 11.1 Å². The molecule has 1 rings (SSSR count). The van der Waals surface area contributed by atoms with Crippen LogP contribution in [-0.4, -0.2) is 42.0 Å². The van der Waals surface area contributed by atoms with Crippen LogP contribution in [0.25, 0.3) is 0 Å². The fourth-order valence-electron chi connectivity index (χ4n) is 0.742. The summed E-state index contributed by atoms with van der Waals surface area (Å²) in [5, 5.41) is 0. The van der Waals surface area contributed by atoms with E-state index >= 15 is 0 Å². The van der Waals surface area contributed by atoms with Crippen LogP contribution in [-0.2, 0) is 0 Å². The molecule has 0 amide bonds. The fraction of sp³-hybridized carbons (Fsp3) is 0.800. The Kier molecular flexibility index (Phi) is 3.48. The summed E-state index contributed by atoms with van der Waals surface area (Å²) in [5.74, 6) is 0. The Morgan fingerprint density at radius 2 is 2.33 bits per heavy atom. The van der Waals surface area contributed by atoms with Gasteiger partial charge in [-0.15, -0.1) is 0 Å². The Hall–Kier alpha value is 0.210. The lowest BCUT2D eigenvalue weighted by Gasteiger charge is -2.06. The highest BCUT2D eigenvalue weighted by Crippen LogP contribution is 2.04. The number of halogens is 2. The van der Waals surface area contributed by atoms with Crippen LogP contribution in [0.2, 0.25) is 0 Å². The first kappa shape index (κ1) is 9.21. The number of nitrogens with zero attached hydrogens (tertiary/aromatic N) is 2. The van der Waals surface area contributed by atoms with Crippen LogP contribution >= 0.6 is 11.6 Å². The molecule has 0 aromatic carbocycles. The van der Waals surface area contributed by atoms with Crippen LogP contribution in [0.15, 0.2) is 0 Å². The van der Waals surface area contributed by atoms with E-state index in [1.165, 1.54) is 0 Å². The van der Waals surface area contributed by atoms with Crippen molar-refractivity contribution in [3.63, 3.8) is 0 Å². The number of hydrogen-bond acceptors (Lipinski definition) is 1. The second-order valence-electron chi connectivity index (χ2n) is 2.10. The number of hydrogen-bond donors (Lipinski definition) is 0. The van der Waals surface area contributed by atoms with Gasteiger partial charge in [0.2, 0.25) is 0 Å². The molecule has 2 nitrogen and oxygen atoms in total. The Balaban J connectivity index is 0.000000640. The molecular weight excluding hydrogens is 159 g/mol. The predicted octanol–water partition coefficient (Wildman–Crippen LogP) is -2.83. The van der Waals surface area contributed by atoms with Gasteiger partial charge in [-0.1, -0.05) is 0 Å². The minimum atomic E-state index is 0. The second kappa shape index (κ2) is 3.40. The molecule has 1 aliphatic heterocycles. The Morgan fingerprint density at radius 1 is 1.78 bits per heavy atom. The lowest BCUT2D eigenvalue weighted by atomic mass is 10.7. The van der Waals surface area contributed by atoms with E-state index in [0.717, 1.165) is 6.54 Å². The van der Waals surface area contributed by atoms with E-state index in [1.807, 2.05) is 18.7 Å². The Labute approximate surface area is 66.5 Å². The van der Waals surface area contributed by atoms with Gasteiger partial charge in [0.25, 0.3) is 5.62 Å². The molecule has 0 aliphatic carbocycles. The smallest absolute Gasteiger partial charge is 0.287 e. The molecule has 0 fully saturated rings. The van der Waals surface area contributed by atoms with Crippen molar-refractivity contribution in [2.45, 2.75) is 5.62 Å². The highest BCUT2D eigenvalue weighted by atomic mass is 35.5. The van der Waals surface area contributed by atoms with Crippen LogP contribution in [0.4, 0.5) is 0 Å². The average Bonchev–Trinajstić information content (AvgIpc) is 1.98. The molecule has 0 bridgehead atoms. The molecule has 9 heavy (non-hydrogen) atoms. The molecule has 0 spiro atoms. The van der Waals surface area contributed by atoms with Crippen molar-refractivity contribution in [3.05, 3.63) is 0 Å². The van der Waals surface area contributed by atoms with Crippen molar-refractivity contribution in [1.29, 1.82) is 0 Å². The van der Waals surface area contributed by atoms with E-state index in [-0.39, 0.29) is 18.0 Å². The van der Waals surface area contributed by atoms with Crippen LogP contribution in [0, 0.1) is 0 Å². The van der Waals surface area contributed by atoms with E-state index in [0.29, 0.717) is 0 Å². The van der Waals surface area contributed by atoms with Gasteiger partial charge < -0.3 is 12.4 Å². The van der Waals surface area contributed by atoms with E-state index in [4.69, 9.17) is 11.6 Å². The summed E-state index contributed by atoms with van der Waals surface area (Å²) in [6, 6.07) is 0. The molecule has 1 heterocycles. The van der Waals surface area contributed by atoms with E-state index in [9.17, 15) is 0 Å². The minimum absolute atomic E-state index is 0.